The average Bonchev–Trinajstić information content (AvgIpc) is 3.71. The lowest BCUT2D eigenvalue weighted by Gasteiger charge is -2.33. The molecule has 2 aliphatic rings. The number of carbonyl (C=O) groups is 2. The van der Waals surface area contributed by atoms with E-state index in [1.807, 2.05) is 0 Å². The summed E-state index contributed by atoms with van der Waals surface area (Å²) in [6, 6.07) is 3.48. The molecule has 226 valence electrons. The summed E-state index contributed by atoms with van der Waals surface area (Å²) in [4.78, 5) is 34.2. The van der Waals surface area contributed by atoms with E-state index in [1.54, 1.807) is 12.3 Å². The van der Waals surface area contributed by atoms with Gasteiger partial charge in [-0.15, -0.1) is 0 Å². The van der Waals surface area contributed by atoms with Crippen molar-refractivity contribution in [2.75, 3.05) is 7.11 Å². The normalized spacial score (nSPS) is 18.8. The predicted octanol–water partition coefficient (Wildman–Crippen LogP) is 5.34. The van der Waals surface area contributed by atoms with Crippen molar-refractivity contribution in [3.63, 3.8) is 0 Å². The van der Waals surface area contributed by atoms with E-state index in [0.29, 0.717) is 16.9 Å². The molecule has 9 nitrogen and oxygen atoms in total. The summed E-state index contributed by atoms with van der Waals surface area (Å²) in [7, 11) is 1.43. The Hall–Kier alpha value is -3.84. The highest BCUT2D eigenvalue weighted by Gasteiger charge is 2.40. The molecule has 3 aromatic heterocycles. The van der Waals surface area contributed by atoms with Crippen LogP contribution in [0.15, 0.2) is 36.8 Å². The van der Waals surface area contributed by atoms with Gasteiger partial charge in [0.1, 0.15) is 0 Å². The second-order valence-electron chi connectivity index (χ2n) is 11.0. The van der Waals surface area contributed by atoms with Crippen LogP contribution in [-0.2, 0) is 4.79 Å². The fourth-order valence-corrected chi connectivity index (χ4v) is 5.35. The van der Waals surface area contributed by atoms with Crippen LogP contribution in [0.2, 0.25) is 0 Å². The number of fused-ring (bicyclic) bond motifs is 1. The number of alkyl halides is 5. The molecule has 2 amide bonds. The van der Waals surface area contributed by atoms with Gasteiger partial charge < -0.3 is 15.4 Å². The van der Waals surface area contributed by atoms with Gasteiger partial charge in [-0.1, -0.05) is 0 Å². The van der Waals surface area contributed by atoms with E-state index in [1.165, 1.54) is 36.2 Å². The fourth-order valence-electron chi connectivity index (χ4n) is 5.35. The van der Waals surface area contributed by atoms with E-state index in [0.717, 1.165) is 12.8 Å². The van der Waals surface area contributed by atoms with Crippen molar-refractivity contribution in [2.45, 2.75) is 75.5 Å². The van der Waals surface area contributed by atoms with Gasteiger partial charge in [-0.25, -0.2) is 23.3 Å². The van der Waals surface area contributed by atoms with E-state index in [-0.39, 0.29) is 49.0 Å². The van der Waals surface area contributed by atoms with Crippen LogP contribution in [0.3, 0.4) is 0 Å². The summed E-state index contributed by atoms with van der Waals surface area (Å²) in [5.41, 5.74) is 1.71. The molecule has 0 saturated heterocycles. The number of ether oxygens (including phenoxy) is 1. The monoisotopic (exact) mass is 594 g/mol. The SMILES string of the molecule is COc1cc(C(=O)N[C@H](c2cn3ncc([C@H](NC(=O)CCC(F)(F)F)C4CC4)cc3n2)C2CCC(F)(F)CC2)ccn1. The van der Waals surface area contributed by atoms with Gasteiger partial charge in [0.05, 0.1) is 43.7 Å². The fraction of sp³-hybridized carbons (Fsp3) is 0.536. The summed E-state index contributed by atoms with van der Waals surface area (Å²) >= 11 is 0. The number of nitrogens with one attached hydrogen (secondary N) is 2. The number of nitrogens with zero attached hydrogens (tertiary/aromatic N) is 4. The van der Waals surface area contributed by atoms with E-state index >= 15 is 0 Å². The highest BCUT2D eigenvalue weighted by Crippen LogP contribution is 2.43. The zero-order valence-corrected chi connectivity index (χ0v) is 22.8. The van der Waals surface area contributed by atoms with Crippen LogP contribution in [0.25, 0.3) is 5.65 Å². The summed E-state index contributed by atoms with van der Waals surface area (Å²) < 4.78 is 72.4. The van der Waals surface area contributed by atoms with E-state index in [4.69, 9.17) is 4.74 Å². The number of amides is 2. The van der Waals surface area contributed by atoms with E-state index in [2.05, 4.69) is 25.7 Å². The van der Waals surface area contributed by atoms with E-state index in [9.17, 15) is 31.5 Å². The molecule has 3 heterocycles. The largest absolute Gasteiger partial charge is 0.481 e. The average molecular weight is 595 g/mol. The maximum Gasteiger partial charge on any atom is 0.389 e. The molecule has 2 fully saturated rings. The van der Waals surface area contributed by atoms with Gasteiger partial charge in [-0.05, 0) is 55.2 Å². The number of hydrogen-bond acceptors (Lipinski definition) is 6. The Morgan fingerprint density at radius 3 is 2.48 bits per heavy atom. The van der Waals surface area contributed by atoms with Crippen LogP contribution >= 0.6 is 0 Å². The highest BCUT2D eigenvalue weighted by molar-refractivity contribution is 5.94. The van der Waals surface area contributed by atoms with Gasteiger partial charge in [0.25, 0.3) is 5.91 Å². The molecule has 3 aromatic rings. The summed E-state index contributed by atoms with van der Waals surface area (Å²) in [5, 5.41) is 10.1. The Bertz CT molecular complexity index is 1430. The minimum Gasteiger partial charge on any atom is -0.481 e. The van der Waals surface area contributed by atoms with E-state index < -0.39 is 48.8 Å². The van der Waals surface area contributed by atoms with Crippen LogP contribution in [0.1, 0.15) is 85.1 Å². The maximum absolute atomic E-state index is 14.0. The Morgan fingerprint density at radius 2 is 1.81 bits per heavy atom. The molecular weight excluding hydrogens is 563 g/mol. The van der Waals surface area contributed by atoms with Crippen molar-refractivity contribution in [2.24, 2.45) is 11.8 Å². The Balaban J connectivity index is 1.40. The van der Waals surface area contributed by atoms with Gasteiger partial charge >= 0.3 is 6.18 Å². The molecule has 42 heavy (non-hydrogen) atoms. The third-order valence-corrected chi connectivity index (χ3v) is 7.81. The molecule has 0 aromatic carbocycles. The molecule has 2 saturated carbocycles. The first-order chi connectivity index (χ1) is 19.9. The Morgan fingerprint density at radius 1 is 1.10 bits per heavy atom. The maximum atomic E-state index is 14.0. The van der Waals surface area contributed by atoms with Crippen molar-refractivity contribution in [1.29, 1.82) is 0 Å². The Kier molecular flexibility index (Phi) is 8.33. The van der Waals surface area contributed by atoms with Crippen molar-refractivity contribution < 1.29 is 36.3 Å². The molecule has 0 radical (unpaired) electrons. The molecule has 2 atom stereocenters. The number of rotatable bonds is 10. The number of imidazole rings is 1. The van der Waals surface area contributed by atoms with Crippen molar-refractivity contribution in [3.05, 3.63) is 53.6 Å². The lowest BCUT2D eigenvalue weighted by molar-refractivity contribution is -0.144. The first-order valence-electron chi connectivity index (χ1n) is 13.8. The number of pyridine rings is 1. The van der Waals surface area contributed by atoms with Crippen molar-refractivity contribution >= 4 is 17.5 Å². The van der Waals surface area contributed by atoms with Gasteiger partial charge in [0.2, 0.25) is 17.7 Å². The third kappa shape index (κ3) is 7.32. The lowest BCUT2D eigenvalue weighted by Crippen LogP contribution is -2.37. The van der Waals surface area contributed by atoms with Crippen LogP contribution < -0.4 is 15.4 Å². The van der Waals surface area contributed by atoms with Crippen molar-refractivity contribution in [1.82, 2.24) is 30.2 Å². The standard InChI is InChI=1S/C28H31F5N6O3/c1-42-23-13-18(7-11-34-23)26(41)38-25(17-4-8-27(29,30)9-5-17)20-15-39-21(36-20)12-19(14-35-39)24(16-2-3-16)37-22(40)6-10-28(31,32)33/h7,11-17,24-25H,2-6,8-10H2,1H3,(H,37,40)(H,38,41)/t24-,25+/m1/s1. The van der Waals surface area contributed by atoms with Crippen LogP contribution in [-0.4, -0.2) is 50.6 Å². The summed E-state index contributed by atoms with van der Waals surface area (Å²) in [6.07, 6.45) is -0.340. The summed E-state index contributed by atoms with van der Waals surface area (Å²) in [6.45, 7) is 0. The molecule has 0 bridgehead atoms. The summed E-state index contributed by atoms with van der Waals surface area (Å²) in [5.74, 6) is -3.89. The third-order valence-electron chi connectivity index (χ3n) is 7.81. The molecule has 2 aliphatic carbocycles. The smallest absolute Gasteiger partial charge is 0.389 e. The molecule has 0 unspecified atom stereocenters. The number of carbonyl (C=O) groups excluding carboxylic acids is 2. The van der Waals surface area contributed by atoms with Gasteiger partial charge in [-0.2, -0.15) is 18.3 Å². The minimum absolute atomic E-state index is 0.0758. The lowest BCUT2D eigenvalue weighted by atomic mass is 9.81. The molecule has 0 aliphatic heterocycles. The quantitative estimate of drug-likeness (QED) is 0.307. The topological polar surface area (TPSA) is 111 Å². The zero-order valence-electron chi connectivity index (χ0n) is 22.8. The highest BCUT2D eigenvalue weighted by atomic mass is 19.4. The van der Waals surface area contributed by atoms with Crippen molar-refractivity contribution in [3.8, 4) is 5.88 Å². The molecule has 0 spiro atoms. The molecule has 2 N–H and O–H groups in total. The molecule has 14 heteroatoms. The number of halogens is 5. The first-order valence-corrected chi connectivity index (χ1v) is 13.8. The van der Waals surface area contributed by atoms with Gasteiger partial charge in [0.15, 0.2) is 5.65 Å². The first kappa shape index (κ1) is 29.6. The van der Waals surface area contributed by atoms with Gasteiger partial charge in [-0.3, -0.25) is 9.59 Å². The Labute approximate surface area is 238 Å². The second-order valence-corrected chi connectivity index (χ2v) is 11.0. The van der Waals surface area contributed by atoms with Crippen LogP contribution in [0.4, 0.5) is 22.0 Å². The minimum atomic E-state index is -4.43. The predicted molar refractivity (Wildman–Crippen MR) is 140 cm³/mol. The molecule has 5 rings (SSSR count). The van der Waals surface area contributed by atoms with Crippen LogP contribution in [0.5, 0.6) is 5.88 Å². The number of hydrogen-bond donors (Lipinski definition) is 2. The van der Waals surface area contributed by atoms with Gasteiger partial charge in [0, 0.05) is 37.1 Å². The van der Waals surface area contributed by atoms with Crippen LogP contribution in [0, 0.1) is 11.8 Å². The number of aromatic nitrogens is 4. The molecular formula is C28H31F5N6O3. The zero-order chi connectivity index (χ0) is 30.1. The second kappa shape index (κ2) is 11.8. The number of methoxy groups -OCH3 is 1.